The molecule has 0 bridgehead atoms. The van der Waals surface area contributed by atoms with Crippen LogP contribution in [0.15, 0.2) is 36.7 Å². The molecule has 0 spiro atoms. The Kier molecular flexibility index (Phi) is 4.18. The number of nitrogens with one attached hydrogen (secondary N) is 1. The molecule has 26 heavy (non-hydrogen) atoms. The van der Waals surface area contributed by atoms with Crippen molar-refractivity contribution < 1.29 is 9.53 Å². The number of carbonyl (C=O) groups is 1. The Morgan fingerprint density at radius 2 is 2.19 bits per heavy atom. The zero-order valence-electron chi connectivity index (χ0n) is 15.4. The molecule has 6 heteroatoms. The first-order valence-corrected chi connectivity index (χ1v) is 9.04. The zero-order valence-corrected chi connectivity index (χ0v) is 15.4. The number of amides is 1. The van der Waals surface area contributed by atoms with E-state index in [9.17, 15) is 4.79 Å². The maximum absolute atomic E-state index is 12.7. The minimum atomic E-state index is -0.0573. The number of carbonyl (C=O) groups excluding carboxylic acids is 1. The second kappa shape index (κ2) is 6.52. The summed E-state index contributed by atoms with van der Waals surface area (Å²) in [6, 6.07) is 8.15. The molecule has 1 atom stereocenters. The van der Waals surface area contributed by atoms with Crippen LogP contribution in [0, 0.1) is 12.8 Å². The van der Waals surface area contributed by atoms with Gasteiger partial charge in [0.05, 0.1) is 24.9 Å². The third-order valence-electron chi connectivity index (χ3n) is 5.23. The van der Waals surface area contributed by atoms with Gasteiger partial charge in [0.2, 0.25) is 5.91 Å². The van der Waals surface area contributed by atoms with E-state index in [1.807, 2.05) is 52.8 Å². The molecule has 1 aromatic carbocycles. The van der Waals surface area contributed by atoms with Gasteiger partial charge in [-0.1, -0.05) is 6.07 Å². The average molecular weight is 352 g/mol. The van der Waals surface area contributed by atoms with Crippen molar-refractivity contribution >= 4 is 22.6 Å². The van der Waals surface area contributed by atoms with Crippen LogP contribution in [-0.4, -0.2) is 27.4 Å². The summed E-state index contributed by atoms with van der Waals surface area (Å²) >= 11 is 0. The number of hydrogen-bond donors (Lipinski definition) is 1. The summed E-state index contributed by atoms with van der Waals surface area (Å²) in [6.45, 7) is 4.40. The summed E-state index contributed by atoms with van der Waals surface area (Å²) < 4.78 is 9.29. The highest BCUT2D eigenvalue weighted by Crippen LogP contribution is 2.40. The molecule has 6 nitrogen and oxygen atoms in total. The van der Waals surface area contributed by atoms with Gasteiger partial charge in [-0.15, -0.1) is 0 Å². The number of methoxy groups -OCH3 is 1. The van der Waals surface area contributed by atoms with E-state index in [0.29, 0.717) is 12.0 Å². The van der Waals surface area contributed by atoms with E-state index in [1.54, 1.807) is 7.11 Å². The smallest absolute Gasteiger partial charge is 0.245 e. The number of ether oxygens (including phenoxy) is 1. The fourth-order valence-corrected chi connectivity index (χ4v) is 3.53. The minimum Gasteiger partial charge on any atom is -0.496 e. The second-order valence-electron chi connectivity index (χ2n) is 7.08. The molecule has 1 aliphatic carbocycles. The second-order valence-corrected chi connectivity index (χ2v) is 7.08. The lowest BCUT2D eigenvalue weighted by Crippen LogP contribution is -2.22. The summed E-state index contributed by atoms with van der Waals surface area (Å²) in [5.74, 6) is 2.24. The lowest BCUT2D eigenvalue weighted by molar-refractivity contribution is -0.116. The van der Waals surface area contributed by atoms with Crippen LogP contribution in [0.1, 0.15) is 31.4 Å². The topological polar surface area (TPSA) is 61.1 Å². The Bertz CT molecular complexity index is 952. The third kappa shape index (κ3) is 2.96. The number of hydrogen-bond acceptors (Lipinski definition) is 3. The van der Waals surface area contributed by atoms with Crippen LogP contribution in [0.25, 0.3) is 10.9 Å². The first kappa shape index (κ1) is 16.7. The van der Waals surface area contributed by atoms with Crippen molar-refractivity contribution in [3.63, 3.8) is 0 Å². The van der Waals surface area contributed by atoms with Gasteiger partial charge in [-0.3, -0.25) is 4.79 Å². The van der Waals surface area contributed by atoms with Crippen LogP contribution in [0.4, 0.5) is 5.82 Å². The largest absolute Gasteiger partial charge is 0.496 e. The van der Waals surface area contributed by atoms with Crippen molar-refractivity contribution in [2.24, 2.45) is 5.92 Å². The molecule has 3 aromatic rings. The van der Waals surface area contributed by atoms with Gasteiger partial charge in [0.15, 0.2) is 0 Å². The molecule has 1 amide bonds. The van der Waals surface area contributed by atoms with Crippen molar-refractivity contribution in [2.45, 2.75) is 39.3 Å². The predicted octanol–water partition coefficient (Wildman–Crippen LogP) is 3.76. The highest BCUT2D eigenvalue weighted by Gasteiger charge is 2.31. The predicted molar refractivity (Wildman–Crippen MR) is 102 cm³/mol. The maximum atomic E-state index is 12.7. The summed E-state index contributed by atoms with van der Waals surface area (Å²) in [6.07, 6.45) is 6.23. The van der Waals surface area contributed by atoms with Gasteiger partial charge < -0.3 is 14.6 Å². The molecule has 1 N–H and O–H groups in total. The molecule has 1 fully saturated rings. The van der Waals surface area contributed by atoms with Crippen LogP contribution in [0.5, 0.6) is 5.75 Å². The standard InChI is InChI=1S/C20H24N4O2/c1-13-11-21-24(14(2)15-7-8-15)20(13)22-19(25)12-23-10-9-16-17(23)5-4-6-18(16)26-3/h4-6,9-11,14-15H,7-8,12H2,1-3H3,(H,22,25). The van der Waals surface area contributed by atoms with Crippen LogP contribution >= 0.6 is 0 Å². The Morgan fingerprint density at radius 1 is 1.38 bits per heavy atom. The highest BCUT2D eigenvalue weighted by atomic mass is 16.5. The van der Waals surface area contributed by atoms with Crippen molar-refractivity contribution in [3.05, 3.63) is 42.2 Å². The normalized spacial score (nSPS) is 15.2. The van der Waals surface area contributed by atoms with Crippen molar-refractivity contribution in [1.82, 2.24) is 14.3 Å². The molecular weight excluding hydrogens is 328 g/mol. The molecule has 0 saturated heterocycles. The van der Waals surface area contributed by atoms with Gasteiger partial charge in [0, 0.05) is 17.1 Å². The summed E-state index contributed by atoms with van der Waals surface area (Å²) in [5.41, 5.74) is 1.97. The van der Waals surface area contributed by atoms with Crippen LogP contribution in [0.3, 0.4) is 0 Å². The SMILES string of the molecule is COc1cccc2c1ccn2CC(=O)Nc1c(C)cnn1C(C)C1CC1. The average Bonchev–Trinajstić information content (AvgIpc) is 3.33. The number of aryl methyl sites for hydroxylation is 1. The van der Waals surface area contributed by atoms with Gasteiger partial charge in [-0.25, -0.2) is 4.68 Å². The Labute approximate surface area is 152 Å². The molecule has 1 unspecified atom stereocenters. The third-order valence-corrected chi connectivity index (χ3v) is 5.23. The van der Waals surface area contributed by atoms with Crippen LogP contribution in [0.2, 0.25) is 0 Å². The van der Waals surface area contributed by atoms with Crippen molar-refractivity contribution in [3.8, 4) is 5.75 Å². The number of benzene rings is 1. The molecule has 0 aliphatic heterocycles. The Morgan fingerprint density at radius 3 is 2.92 bits per heavy atom. The first-order valence-electron chi connectivity index (χ1n) is 9.04. The minimum absolute atomic E-state index is 0.0573. The van der Waals surface area contributed by atoms with E-state index >= 15 is 0 Å². The monoisotopic (exact) mass is 352 g/mol. The van der Waals surface area contributed by atoms with Gasteiger partial charge in [0.25, 0.3) is 0 Å². The van der Waals surface area contributed by atoms with Gasteiger partial charge in [0.1, 0.15) is 18.1 Å². The molecule has 136 valence electrons. The van der Waals surface area contributed by atoms with E-state index in [-0.39, 0.29) is 12.5 Å². The lowest BCUT2D eigenvalue weighted by atomic mass is 10.2. The first-order chi connectivity index (χ1) is 12.6. The fraction of sp³-hybridized carbons (Fsp3) is 0.400. The number of fused-ring (bicyclic) bond motifs is 1. The quantitative estimate of drug-likeness (QED) is 0.735. The van der Waals surface area contributed by atoms with Crippen LogP contribution in [-0.2, 0) is 11.3 Å². The summed E-state index contributed by atoms with van der Waals surface area (Å²) in [7, 11) is 1.66. The van der Waals surface area contributed by atoms with Crippen LogP contribution < -0.4 is 10.1 Å². The van der Waals surface area contributed by atoms with Gasteiger partial charge >= 0.3 is 0 Å². The highest BCUT2D eigenvalue weighted by molar-refractivity contribution is 5.93. The molecule has 4 rings (SSSR count). The molecule has 2 aromatic heterocycles. The molecule has 1 saturated carbocycles. The van der Waals surface area contributed by atoms with E-state index in [0.717, 1.165) is 28.0 Å². The number of nitrogens with zero attached hydrogens (tertiary/aromatic N) is 3. The summed E-state index contributed by atoms with van der Waals surface area (Å²) in [5, 5.41) is 8.55. The number of anilines is 1. The number of rotatable bonds is 6. The van der Waals surface area contributed by atoms with E-state index < -0.39 is 0 Å². The van der Waals surface area contributed by atoms with E-state index in [2.05, 4.69) is 17.3 Å². The van der Waals surface area contributed by atoms with Gasteiger partial charge in [-0.2, -0.15) is 5.10 Å². The Balaban J connectivity index is 1.54. The summed E-state index contributed by atoms with van der Waals surface area (Å²) in [4.78, 5) is 12.7. The van der Waals surface area contributed by atoms with Crippen molar-refractivity contribution in [2.75, 3.05) is 12.4 Å². The molecule has 1 aliphatic rings. The molecular formula is C20H24N4O2. The van der Waals surface area contributed by atoms with Gasteiger partial charge in [-0.05, 0) is 50.8 Å². The number of aromatic nitrogens is 3. The maximum Gasteiger partial charge on any atom is 0.245 e. The molecule has 2 heterocycles. The van der Waals surface area contributed by atoms with E-state index in [4.69, 9.17) is 4.74 Å². The van der Waals surface area contributed by atoms with E-state index in [1.165, 1.54) is 12.8 Å². The fourth-order valence-electron chi connectivity index (χ4n) is 3.53. The molecule has 0 radical (unpaired) electrons. The lowest BCUT2D eigenvalue weighted by Gasteiger charge is -2.16. The Hall–Kier alpha value is -2.76. The van der Waals surface area contributed by atoms with Crippen molar-refractivity contribution in [1.29, 1.82) is 0 Å². The zero-order chi connectivity index (χ0) is 18.3.